The van der Waals surface area contributed by atoms with Crippen molar-refractivity contribution in [3.63, 3.8) is 0 Å². The molecule has 0 unspecified atom stereocenters. The van der Waals surface area contributed by atoms with Crippen molar-refractivity contribution in [3.8, 4) is 0 Å². The highest BCUT2D eigenvalue weighted by Gasteiger charge is 2.40. The number of hydrogen-bond acceptors (Lipinski definition) is 4. The molecule has 1 aliphatic rings. The lowest BCUT2D eigenvalue weighted by atomic mass is 10.2. The van der Waals surface area contributed by atoms with Crippen LogP contribution in [0.1, 0.15) is 12.5 Å². The van der Waals surface area contributed by atoms with Crippen molar-refractivity contribution < 1.29 is 24.1 Å². The van der Waals surface area contributed by atoms with Crippen molar-refractivity contribution in [2.45, 2.75) is 25.4 Å². The summed E-state index contributed by atoms with van der Waals surface area (Å²) in [5.74, 6) is -1.99. The molecule has 1 N–H and O–H groups in total. The summed E-state index contributed by atoms with van der Waals surface area (Å²) in [6, 6.07) is 9.72. The van der Waals surface area contributed by atoms with E-state index in [0.717, 1.165) is 5.56 Å². The number of hydrogen-bond donors (Lipinski definition) is 1. The second-order valence-corrected chi connectivity index (χ2v) is 4.37. The van der Waals surface area contributed by atoms with Crippen LogP contribution in [0.3, 0.4) is 0 Å². The van der Waals surface area contributed by atoms with Gasteiger partial charge in [0.25, 0.3) is 0 Å². The summed E-state index contributed by atoms with van der Waals surface area (Å²) in [6.07, 6.45) is -0.907. The van der Waals surface area contributed by atoms with E-state index >= 15 is 0 Å². The van der Waals surface area contributed by atoms with Gasteiger partial charge in [0.2, 0.25) is 0 Å². The molecule has 2 rings (SSSR count). The quantitative estimate of drug-likeness (QED) is 0.858. The van der Waals surface area contributed by atoms with Gasteiger partial charge in [-0.1, -0.05) is 30.3 Å². The highest BCUT2D eigenvalue weighted by molar-refractivity contribution is 5.72. The molecule has 5 nitrogen and oxygen atoms in total. The zero-order chi connectivity index (χ0) is 13.0. The molecule has 0 aromatic heterocycles. The minimum Gasteiger partial charge on any atom is -0.479 e. The van der Waals surface area contributed by atoms with Gasteiger partial charge in [0.15, 0.2) is 11.9 Å². The van der Waals surface area contributed by atoms with E-state index in [4.69, 9.17) is 19.3 Å². The second kappa shape index (κ2) is 5.48. The molecule has 98 valence electrons. The Labute approximate surface area is 105 Å². The smallest absolute Gasteiger partial charge is 0.335 e. The third-order valence-corrected chi connectivity index (χ3v) is 2.68. The molecule has 0 saturated carbocycles. The standard InChI is InChI=1S/C13H16O5/c1-13(17-8-11(18-13)12(14)15)9-16-7-10-5-3-2-4-6-10/h2-6,11H,7-9H2,1H3,(H,14,15)/t11-,13-/m1/s1. The van der Waals surface area contributed by atoms with Crippen LogP contribution in [-0.2, 0) is 25.6 Å². The first-order valence-electron chi connectivity index (χ1n) is 5.75. The fraction of sp³-hybridized carbons (Fsp3) is 0.462. The molecule has 0 aliphatic carbocycles. The maximum atomic E-state index is 10.7. The lowest BCUT2D eigenvalue weighted by Gasteiger charge is -2.22. The van der Waals surface area contributed by atoms with Crippen LogP contribution in [0.25, 0.3) is 0 Å². The van der Waals surface area contributed by atoms with E-state index in [-0.39, 0.29) is 13.2 Å². The summed E-state index contributed by atoms with van der Waals surface area (Å²) in [6.45, 7) is 2.38. The first-order valence-corrected chi connectivity index (χ1v) is 5.75. The van der Waals surface area contributed by atoms with Crippen molar-refractivity contribution in [2.24, 2.45) is 0 Å². The van der Waals surface area contributed by atoms with E-state index in [1.165, 1.54) is 0 Å². The maximum absolute atomic E-state index is 10.7. The Balaban J connectivity index is 1.79. The molecule has 1 heterocycles. The average Bonchev–Trinajstić information content (AvgIpc) is 2.74. The largest absolute Gasteiger partial charge is 0.479 e. The third-order valence-electron chi connectivity index (χ3n) is 2.68. The lowest BCUT2D eigenvalue weighted by molar-refractivity contribution is -0.197. The Morgan fingerprint density at radius 3 is 2.83 bits per heavy atom. The van der Waals surface area contributed by atoms with Gasteiger partial charge in [0, 0.05) is 0 Å². The van der Waals surface area contributed by atoms with Gasteiger partial charge < -0.3 is 19.3 Å². The Bertz CT molecular complexity index is 405. The predicted octanol–water partition coefficient (Wildman–Crippen LogP) is 1.42. The van der Waals surface area contributed by atoms with Crippen molar-refractivity contribution >= 4 is 5.97 Å². The molecule has 0 radical (unpaired) electrons. The SMILES string of the molecule is C[C@@]1(COCc2ccccc2)OC[C@H](C(=O)O)O1. The number of carboxylic acid groups (broad SMARTS) is 1. The topological polar surface area (TPSA) is 65.0 Å². The lowest BCUT2D eigenvalue weighted by Crippen LogP contribution is -2.34. The minimum absolute atomic E-state index is 0.0561. The van der Waals surface area contributed by atoms with Crippen LogP contribution in [0.5, 0.6) is 0 Å². The highest BCUT2D eigenvalue weighted by Crippen LogP contribution is 2.24. The van der Waals surface area contributed by atoms with Gasteiger partial charge in [-0.2, -0.15) is 0 Å². The number of carboxylic acids is 1. The molecule has 18 heavy (non-hydrogen) atoms. The van der Waals surface area contributed by atoms with E-state index in [1.807, 2.05) is 30.3 Å². The van der Waals surface area contributed by atoms with Gasteiger partial charge in [0.05, 0.1) is 13.2 Å². The predicted molar refractivity (Wildman–Crippen MR) is 63.0 cm³/mol. The van der Waals surface area contributed by atoms with E-state index < -0.39 is 17.9 Å². The summed E-state index contributed by atoms with van der Waals surface area (Å²) in [5, 5.41) is 8.80. The van der Waals surface area contributed by atoms with Gasteiger partial charge in [-0.3, -0.25) is 0 Å². The first kappa shape index (κ1) is 13.0. The second-order valence-electron chi connectivity index (χ2n) is 4.37. The molecular weight excluding hydrogens is 236 g/mol. The van der Waals surface area contributed by atoms with Crippen molar-refractivity contribution in [2.75, 3.05) is 13.2 Å². The normalized spacial score (nSPS) is 27.3. The zero-order valence-corrected chi connectivity index (χ0v) is 10.2. The van der Waals surface area contributed by atoms with Crippen molar-refractivity contribution in [3.05, 3.63) is 35.9 Å². The fourth-order valence-electron chi connectivity index (χ4n) is 1.75. The number of ether oxygens (including phenoxy) is 3. The van der Waals surface area contributed by atoms with Crippen LogP contribution < -0.4 is 0 Å². The highest BCUT2D eigenvalue weighted by atomic mass is 16.8. The van der Waals surface area contributed by atoms with E-state index in [1.54, 1.807) is 6.92 Å². The van der Waals surface area contributed by atoms with Gasteiger partial charge in [-0.15, -0.1) is 0 Å². The summed E-state index contributed by atoms with van der Waals surface area (Å²) >= 11 is 0. The number of benzene rings is 1. The molecule has 0 bridgehead atoms. The van der Waals surface area contributed by atoms with Crippen LogP contribution >= 0.6 is 0 Å². The van der Waals surface area contributed by atoms with Gasteiger partial charge in [0.1, 0.15) is 6.61 Å². The van der Waals surface area contributed by atoms with Crippen LogP contribution in [-0.4, -0.2) is 36.2 Å². The third kappa shape index (κ3) is 3.29. The molecule has 1 aliphatic heterocycles. The molecule has 0 amide bonds. The Morgan fingerprint density at radius 2 is 2.22 bits per heavy atom. The summed E-state index contributed by atoms with van der Waals surface area (Å²) in [5.41, 5.74) is 1.05. The van der Waals surface area contributed by atoms with Crippen molar-refractivity contribution in [1.29, 1.82) is 0 Å². The molecule has 2 atom stereocenters. The number of carbonyl (C=O) groups is 1. The molecule has 1 aromatic carbocycles. The molecule has 1 aromatic rings. The van der Waals surface area contributed by atoms with Crippen molar-refractivity contribution in [1.82, 2.24) is 0 Å². The van der Waals surface area contributed by atoms with Crippen LogP contribution in [0.15, 0.2) is 30.3 Å². The molecule has 5 heteroatoms. The van der Waals surface area contributed by atoms with Gasteiger partial charge in [-0.05, 0) is 12.5 Å². The number of aliphatic carboxylic acids is 1. The summed E-state index contributed by atoms with van der Waals surface area (Å²) in [4.78, 5) is 10.7. The Morgan fingerprint density at radius 1 is 1.50 bits per heavy atom. The van der Waals surface area contributed by atoms with E-state index in [9.17, 15) is 4.79 Å². The van der Waals surface area contributed by atoms with Gasteiger partial charge >= 0.3 is 5.97 Å². The molecule has 1 fully saturated rings. The van der Waals surface area contributed by atoms with Crippen LogP contribution in [0.4, 0.5) is 0 Å². The number of rotatable bonds is 5. The van der Waals surface area contributed by atoms with Gasteiger partial charge in [-0.25, -0.2) is 4.79 Å². The zero-order valence-electron chi connectivity index (χ0n) is 10.2. The average molecular weight is 252 g/mol. The fourth-order valence-corrected chi connectivity index (χ4v) is 1.75. The summed E-state index contributed by atoms with van der Waals surface area (Å²) < 4.78 is 16.1. The van der Waals surface area contributed by atoms with Crippen LogP contribution in [0.2, 0.25) is 0 Å². The van der Waals surface area contributed by atoms with E-state index in [2.05, 4.69) is 0 Å². The van der Waals surface area contributed by atoms with Crippen LogP contribution in [0, 0.1) is 0 Å². The summed E-state index contributed by atoms with van der Waals surface area (Å²) in [7, 11) is 0. The van der Waals surface area contributed by atoms with E-state index in [0.29, 0.717) is 6.61 Å². The monoisotopic (exact) mass is 252 g/mol. The Kier molecular flexibility index (Phi) is 3.96. The maximum Gasteiger partial charge on any atom is 0.335 e. The molecular formula is C13H16O5. The molecule has 0 spiro atoms. The molecule has 1 saturated heterocycles. The first-order chi connectivity index (χ1) is 8.59. The Hall–Kier alpha value is -1.43. The minimum atomic E-state index is -1.01.